The van der Waals surface area contributed by atoms with Crippen LogP contribution in [-0.4, -0.2) is 35.3 Å². The summed E-state index contributed by atoms with van der Waals surface area (Å²) < 4.78 is 0. The van der Waals surface area contributed by atoms with Crippen LogP contribution in [0.2, 0.25) is 0 Å². The molecule has 4 nitrogen and oxygen atoms in total. The van der Waals surface area contributed by atoms with Crippen LogP contribution >= 0.6 is 0 Å². The molecular weight excluding hydrogens is 182 g/mol. The zero-order valence-electron chi connectivity index (χ0n) is 8.48. The average Bonchev–Trinajstić information content (AvgIpc) is 2.73. The minimum Gasteiger partial charge on any atom is -0.389 e. The number of β-amino-alcohol motifs (C(OH)–C–C–N with tert-alkyl or cyclic N) is 1. The van der Waals surface area contributed by atoms with Gasteiger partial charge in [-0.25, -0.2) is 5.06 Å². The van der Waals surface area contributed by atoms with Crippen molar-refractivity contribution in [2.75, 3.05) is 13.2 Å². The number of amides is 1. The zero-order chi connectivity index (χ0) is 10.1. The lowest BCUT2D eigenvalue weighted by Crippen LogP contribution is -2.35. The van der Waals surface area contributed by atoms with Crippen LogP contribution in [0.5, 0.6) is 0 Å². The summed E-state index contributed by atoms with van der Waals surface area (Å²) in [5.41, 5.74) is 0. The van der Waals surface area contributed by atoms with E-state index in [0.717, 1.165) is 19.3 Å². The van der Waals surface area contributed by atoms with Crippen molar-refractivity contribution in [3.63, 3.8) is 0 Å². The summed E-state index contributed by atoms with van der Waals surface area (Å²) in [6.07, 6.45) is 2.73. The Hall–Kier alpha value is -0.610. The molecule has 14 heavy (non-hydrogen) atoms. The number of aliphatic hydroxyl groups is 1. The molecule has 1 heterocycles. The molecule has 1 N–H and O–H groups in total. The molecule has 0 aromatic rings. The van der Waals surface area contributed by atoms with Gasteiger partial charge in [0.2, 0.25) is 5.91 Å². The van der Waals surface area contributed by atoms with Gasteiger partial charge < -0.3 is 5.11 Å². The molecule has 0 aromatic heterocycles. The predicted molar refractivity (Wildman–Crippen MR) is 50.2 cm³/mol. The molecule has 2 aliphatic rings. The lowest BCUT2D eigenvalue weighted by molar-refractivity contribution is -0.174. The van der Waals surface area contributed by atoms with Crippen LogP contribution in [0.3, 0.4) is 0 Å². The number of hydrogen-bond acceptors (Lipinski definition) is 3. The van der Waals surface area contributed by atoms with Crippen LogP contribution < -0.4 is 0 Å². The second-order valence-corrected chi connectivity index (χ2v) is 4.36. The monoisotopic (exact) mass is 199 g/mol. The summed E-state index contributed by atoms with van der Waals surface area (Å²) in [5.74, 6) is 0.635. The first kappa shape index (κ1) is 9.93. The summed E-state index contributed by atoms with van der Waals surface area (Å²) in [7, 11) is 0. The van der Waals surface area contributed by atoms with E-state index in [4.69, 9.17) is 4.84 Å². The third-order valence-corrected chi connectivity index (χ3v) is 3.22. The van der Waals surface area contributed by atoms with E-state index in [1.807, 2.05) is 0 Å². The molecule has 0 aromatic carbocycles. The van der Waals surface area contributed by atoms with Gasteiger partial charge in [0, 0.05) is 5.92 Å². The van der Waals surface area contributed by atoms with Crippen molar-refractivity contribution >= 4 is 5.91 Å². The second-order valence-electron chi connectivity index (χ2n) is 4.36. The molecular formula is C10H17NO3. The van der Waals surface area contributed by atoms with E-state index in [1.165, 1.54) is 5.06 Å². The smallest absolute Gasteiger partial charge is 0.249 e. The molecule has 3 atom stereocenters. The summed E-state index contributed by atoms with van der Waals surface area (Å²) in [4.78, 5) is 17.0. The van der Waals surface area contributed by atoms with Crippen molar-refractivity contribution in [2.24, 2.45) is 11.8 Å². The zero-order valence-corrected chi connectivity index (χ0v) is 8.48. The maximum absolute atomic E-state index is 11.9. The first-order valence-electron chi connectivity index (χ1n) is 5.31. The minimum atomic E-state index is -0.504. The van der Waals surface area contributed by atoms with Gasteiger partial charge in [-0.05, 0) is 18.8 Å². The third-order valence-electron chi connectivity index (χ3n) is 3.22. The second kappa shape index (κ2) is 3.87. The highest BCUT2D eigenvalue weighted by molar-refractivity contribution is 5.78. The van der Waals surface area contributed by atoms with Gasteiger partial charge in [-0.3, -0.25) is 9.63 Å². The molecule has 80 valence electrons. The number of carbonyl (C=O) groups is 1. The highest BCUT2D eigenvalue weighted by Crippen LogP contribution is 2.33. The van der Waals surface area contributed by atoms with Gasteiger partial charge >= 0.3 is 0 Å². The lowest BCUT2D eigenvalue weighted by atomic mass is 9.97. The Bertz CT molecular complexity index is 231. The van der Waals surface area contributed by atoms with Crippen molar-refractivity contribution in [3.8, 4) is 0 Å². The molecule has 1 aliphatic carbocycles. The Morgan fingerprint density at radius 1 is 1.50 bits per heavy atom. The number of carbonyl (C=O) groups excluding carboxylic acids is 1. The summed E-state index contributed by atoms with van der Waals surface area (Å²) in [6.45, 7) is 2.71. The van der Waals surface area contributed by atoms with Gasteiger partial charge in [0.1, 0.15) is 6.61 Å². The van der Waals surface area contributed by atoms with Crippen LogP contribution in [-0.2, 0) is 9.63 Å². The molecule has 0 radical (unpaired) electrons. The van der Waals surface area contributed by atoms with Crippen LogP contribution in [0.15, 0.2) is 0 Å². The Balaban J connectivity index is 1.94. The number of hydrogen-bond donors (Lipinski definition) is 1. The number of rotatable bonds is 1. The van der Waals surface area contributed by atoms with Crippen LogP contribution in [0.25, 0.3) is 0 Å². The van der Waals surface area contributed by atoms with Crippen molar-refractivity contribution in [3.05, 3.63) is 0 Å². The van der Waals surface area contributed by atoms with Gasteiger partial charge in [0.25, 0.3) is 0 Å². The fourth-order valence-corrected chi connectivity index (χ4v) is 2.32. The van der Waals surface area contributed by atoms with Gasteiger partial charge in [-0.15, -0.1) is 0 Å². The van der Waals surface area contributed by atoms with E-state index in [1.54, 1.807) is 0 Å². The Morgan fingerprint density at radius 3 is 2.79 bits per heavy atom. The lowest BCUT2D eigenvalue weighted by Gasteiger charge is -2.20. The number of hydroxylamine groups is 2. The van der Waals surface area contributed by atoms with E-state index in [9.17, 15) is 9.90 Å². The third kappa shape index (κ3) is 1.77. The molecule has 1 saturated carbocycles. The predicted octanol–water partition coefficient (Wildman–Crippen LogP) is 0.557. The molecule has 1 aliphatic heterocycles. The Kier molecular flexibility index (Phi) is 2.74. The van der Waals surface area contributed by atoms with Crippen molar-refractivity contribution < 1.29 is 14.7 Å². The van der Waals surface area contributed by atoms with Gasteiger partial charge in [-0.1, -0.05) is 13.3 Å². The molecule has 1 amide bonds. The topological polar surface area (TPSA) is 49.8 Å². The van der Waals surface area contributed by atoms with Crippen LogP contribution in [0.4, 0.5) is 0 Å². The van der Waals surface area contributed by atoms with E-state index in [-0.39, 0.29) is 18.4 Å². The molecule has 0 spiro atoms. The molecule has 1 saturated heterocycles. The van der Waals surface area contributed by atoms with Crippen molar-refractivity contribution in [1.82, 2.24) is 5.06 Å². The van der Waals surface area contributed by atoms with Gasteiger partial charge in [-0.2, -0.15) is 0 Å². The number of aliphatic hydroxyl groups excluding tert-OH is 1. The Labute approximate surface area is 83.8 Å². The quantitative estimate of drug-likeness (QED) is 0.671. The maximum atomic E-state index is 11.9. The first-order valence-corrected chi connectivity index (χ1v) is 5.31. The van der Waals surface area contributed by atoms with E-state index in [0.29, 0.717) is 12.5 Å². The van der Waals surface area contributed by atoms with E-state index < -0.39 is 6.10 Å². The van der Waals surface area contributed by atoms with Crippen LogP contribution in [0, 0.1) is 11.8 Å². The summed E-state index contributed by atoms with van der Waals surface area (Å²) in [6, 6.07) is 0. The van der Waals surface area contributed by atoms with Crippen molar-refractivity contribution in [2.45, 2.75) is 32.3 Å². The molecule has 4 heteroatoms. The summed E-state index contributed by atoms with van der Waals surface area (Å²) in [5, 5.41) is 10.6. The SMILES string of the molecule is CC1CCCC1C(=O)N1C[C@H](O)CO1. The molecule has 2 unspecified atom stereocenters. The Morgan fingerprint density at radius 2 is 2.29 bits per heavy atom. The molecule has 2 rings (SSSR count). The van der Waals surface area contributed by atoms with Gasteiger partial charge in [0.15, 0.2) is 0 Å². The van der Waals surface area contributed by atoms with Crippen LogP contribution in [0.1, 0.15) is 26.2 Å². The maximum Gasteiger partial charge on any atom is 0.249 e. The fourth-order valence-electron chi connectivity index (χ4n) is 2.32. The highest BCUT2D eigenvalue weighted by atomic mass is 16.7. The average molecular weight is 199 g/mol. The van der Waals surface area contributed by atoms with E-state index >= 15 is 0 Å². The number of nitrogens with zero attached hydrogens (tertiary/aromatic N) is 1. The van der Waals surface area contributed by atoms with E-state index in [2.05, 4.69) is 6.92 Å². The van der Waals surface area contributed by atoms with Crippen molar-refractivity contribution in [1.29, 1.82) is 0 Å². The normalized spacial score (nSPS) is 37.9. The fraction of sp³-hybridized carbons (Fsp3) is 0.900. The largest absolute Gasteiger partial charge is 0.389 e. The summed E-state index contributed by atoms with van der Waals surface area (Å²) >= 11 is 0. The minimum absolute atomic E-state index is 0.0616. The first-order chi connectivity index (χ1) is 6.68. The standard InChI is InChI=1S/C10H17NO3/c1-7-3-2-4-9(7)10(13)11-5-8(12)6-14-11/h7-9,12H,2-6H2,1H3/t7?,8-,9?/m0/s1. The highest BCUT2D eigenvalue weighted by Gasteiger charge is 2.36. The van der Waals surface area contributed by atoms with Gasteiger partial charge in [0.05, 0.1) is 12.6 Å². The molecule has 0 bridgehead atoms. The molecule has 2 fully saturated rings.